The average Bonchev–Trinajstić information content (AvgIpc) is 2.87. The van der Waals surface area contributed by atoms with Crippen molar-refractivity contribution in [3.8, 4) is 23.0 Å². The molecule has 1 fully saturated rings. The summed E-state index contributed by atoms with van der Waals surface area (Å²) in [5.74, 6) is 1.98. The number of amides is 1. The van der Waals surface area contributed by atoms with Crippen molar-refractivity contribution in [1.82, 2.24) is 4.90 Å². The number of benzene rings is 2. The molecule has 0 aliphatic carbocycles. The molecule has 2 aliphatic heterocycles. The average molecular weight is 453 g/mol. The third-order valence-electron chi connectivity index (χ3n) is 5.24. The van der Waals surface area contributed by atoms with Gasteiger partial charge in [-0.3, -0.25) is 9.59 Å². The van der Waals surface area contributed by atoms with Gasteiger partial charge in [-0.25, -0.2) is 0 Å². The van der Waals surface area contributed by atoms with E-state index in [1.165, 1.54) is 6.08 Å². The van der Waals surface area contributed by atoms with Gasteiger partial charge in [0.2, 0.25) is 0 Å². The molecule has 8 heteroatoms. The lowest BCUT2D eigenvalue weighted by Gasteiger charge is -2.26. The summed E-state index contributed by atoms with van der Waals surface area (Å²) in [6.45, 7) is 5.44. The first-order valence-corrected chi connectivity index (χ1v) is 11.0. The van der Waals surface area contributed by atoms with Crippen LogP contribution in [0.5, 0.6) is 23.0 Å². The first-order valence-electron chi connectivity index (χ1n) is 11.0. The van der Waals surface area contributed by atoms with Gasteiger partial charge in [-0.1, -0.05) is 12.1 Å². The van der Waals surface area contributed by atoms with E-state index in [1.807, 2.05) is 13.0 Å². The molecule has 2 heterocycles. The van der Waals surface area contributed by atoms with Crippen molar-refractivity contribution < 1.29 is 33.3 Å². The molecule has 4 rings (SSSR count). The molecule has 2 aromatic carbocycles. The van der Waals surface area contributed by atoms with Gasteiger partial charge in [0.25, 0.3) is 5.91 Å². The summed E-state index contributed by atoms with van der Waals surface area (Å²) in [7, 11) is 0. The van der Waals surface area contributed by atoms with Crippen LogP contribution < -0.4 is 18.9 Å². The molecule has 0 atom stereocenters. The number of allylic oxidation sites excluding steroid dienone is 1. The Hall–Kier alpha value is -3.52. The summed E-state index contributed by atoms with van der Waals surface area (Å²) in [5, 5.41) is 0. The third-order valence-corrected chi connectivity index (χ3v) is 5.24. The smallest absolute Gasteiger partial charge is 0.260 e. The number of ketones is 1. The van der Waals surface area contributed by atoms with Crippen LogP contribution in [-0.2, 0) is 9.53 Å². The van der Waals surface area contributed by atoms with Gasteiger partial charge in [0, 0.05) is 18.7 Å². The van der Waals surface area contributed by atoms with Crippen molar-refractivity contribution in [2.24, 2.45) is 0 Å². The molecule has 1 saturated heterocycles. The Morgan fingerprint density at radius 2 is 1.73 bits per heavy atom. The van der Waals surface area contributed by atoms with Crippen molar-refractivity contribution in [3.05, 3.63) is 53.6 Å². The number of nitrogens with zero attached hydrogens (tertiary/aromatic N) is 1. The lowest BCUT2D eigenvalue weighted by molar-refractivity contribution is -0.137. The quantitative estimate of drug-likeness (QED) is 0.449. The van der Waals surface area contributed by atoms with Crippen LogP contribution in [0.3, 0.4) is 0 Å². The molecule has 33 heavy (non-hydrogen) atoms. The van der Waals surface area contributed by atoms with E-state index < -0.39 is 0 Å². The van der Waals surface area contributed by atoms with Gasteiger partial charge in [-0.2, -0.15) is 0 Å². The Bertz CT molecular complexity index is 1030. The monoisotopic (exact) mass is 453 g/mol. The highest BCUT2D eigenvalue weighted by atomic mass is 16.6. The number of fused-ring (bicyclic) bond motifs is 1. The van der Waals surface area contributed by atoms with E-state index in [4.69, 9.17) is 23.7 Å². The Morgan fingerprint density at radius 3 is 2.52 bits per heavy atom. The van der Waals surface area contributed by atoms with Gasteiger partial charge >= 0.3 is 0 Å². The minimum atomic E-state index is -0.152. The maximum absolute atomic E-state index is 12.6. The number of hydrogen-bond donors (Lipinski definition) is 0. The molecule has 0 radical (unpaired) electrons. The molecule has 2 aromatic rings. The SMILES string of the molecule is CCOc1cc(/C=C/C(=O)c2ccc3c(c2)OCCO3)ccc1OCC(=O)N1CCOCC1. The third kappa shape index (κ3) is 5.84. The Morgan fingerprint density at radius 1 is 0.939 bits per heavy atom. The Balaban J connectivity index is 1.41. The standard InChI is InChI=1S/C25H27NO7/c1-2-30-23-15-18(4-7-22(23)33-17-25(28)26-9-11-29-12-10-26)3-6-20(27)19-5-8-21-24(16-19)32-14-13-31-21/h3-8,15-16H,2,9-14,17H2,1H3/b6-3+. The summed E-state index contributed by atoms with van der Waals surface area (Å²) in [5.41, 5.74) is 1.29. The molecule has 8 nitrogen and oxygen atoms in total. The van der Waals surface area contributed by atoms with Crippen molar-refractivity contribution in [1.29, 1.82) is 0 Å². The zero-order valence-corrected chi connectivity index (χ0v) is 18.6. The number of carbonyl (C=O) groups is 2. The molecular weight excluding hydrogens is 426 g/mol. The van der Waals surface area contributed by atoms with E-state index >= 15 is 0 Å². The fourth-order valence-electron chi connectivity index (χ4n) is 3.52. The first kappa shape index (κ1) is 22.7. The van der Waals surface area contributed by atoms with E-state index in [1.54, 1.807) is 41.3 Å². The molecule has 0 aromatic heterocycles. The van der Waals surface area contributed by atoms with Crippen LogP contribution in [0.2, 0.25) is 0 Å². The summed E-state index contributed by atoms with van der Waals surface area (Å²) in [6.07, 6.45) is 3.21. The Labute approximate surface area is 192 Å². The van der Waals surface area contributed by atoms with Crippen molar-refractivity contribution >= 4 is 17.8 Å². The van der Waals surface area contributed by atoms with Crippen molar-refractivity contribution in [3.63, 3.8) is 0 Å². The van der Waals surface area contributed by atoms with Crippen molar-refractivity contribution in [2.75, 3.05) is 52.7 Å². The maximum atomic E-state index is 12.6. The second-order valence-electron chi connectivity index (χ2n) is 7.48. The number of hydrogen-bond acceptors (Lipinski definition) is 7. The minimum absolute atomic E-state index is 0.0716. The summed E-state index contributed by atoms with van der Waals surface area (Å²) >= 11 is 0. The fourth-order valence-corrected chi connectivity index (χ4v) is 3.52. The lowest BCUT2D eigenvalue weighted by atomic mass is 10.1. The molecular formula is C25H27NO7. The summed E-state index contributed by atoms with van der Waals surface area (Å²) < 4.78 is 27.7. The molecule has 0 saturated carbocycles. The normalized spacial score (nSPS) is 15.4. The molecule has 1 amide bonds. The van der Waals surface area contributed by atoms with E-state index in [-0.39, 0.29) is 18.3 Å². The van der Waals surface area contributed by atoms with Gasteiger partial charge in [-0.05, 0) is 48.9 Å². The lowest BCUT2D eigenvalue weighted by Crippen LogP contribution is -2.43. The molecule has 0 spiro atoms. The topological polar surface area (TPSA) is 83.5 Å². The maximum Gasteiger partial charge on any atom is 0.260 e. The molecule has 0 N–H and O–H groups in total. The fraction of sp³-hybridized carbons (Fsp3) is 0.360. The van der Waals surface area contributed by atoms with Crippen LogP contribution in [0.4, 0.5) is 0 Å². The van der Waals surface area contributed by atoms with Gasteiger partial charge in [0.15, 0.2) is 35.4 Å². The van der Waals surface area contributed by atoms with Crippen LogP contribution in [0.15, 0.2) is 42.5 Å². The zero-order valence-electron chi connectivity index (χ0n) is 18.6. The van der Waals surface area contributed by atoms with Gasteiger partial charge in [0.1, 0.15) is 13.2 Å². The molecule has 2 aliphatic rings. The summed E-state index contributed by atoms with van der Waals surface area (Å²) in [4.78, 5) is 26.7. The molecule has 174 valence electrons. The first-order chi connectivity index (χ1) is 16.1. The van der Waals surface area contributed by atoms with E-state index in [0.29, 0.717) is 74.7 Å². The number of rotatable bonds is 8. The van der Waals surface area contributed by atoms with Crippen LogP contribution in [0.1, 0.15) is 22.8 Å². The van der Waals surface area contributed by atoms with E-state index in [9.17, 15) is 9.59 Å². The van der Waals surface area contributed by atoms with Gasteiger partial charge in [0.05, 0.1) is 19.8 Å². The highest BCUT2D eigenvalue weighted by molar-refractivity contribution is 6.07. The molecule has 0 bridgehead atoms. The predicted octanol–water partition coefficient (Wildman–Crippen LogP) is 2.99. The second-order valence-corrected chi connectivity index (χ2v) is 7.48. The van der Waals surface area contributed by atoms with Crippen LogP contribution >= 0.6 is 0 Å². The Kier molecular flexibility index (Phi) is 7.47. The van der Waals surface area contributed by atoms with Crippen LogP contribution in [-0.4, -0.2) is 69.3 Å². The summed E-state index contributed by atoms with van der Waals surface area (Å²) in [6, 6.07) is 10.5. The van der Waals surface area contributed by atoms with Crippen LogP contribution in [0.25, 0.3) is 6.08 Å². The van der Waals surface area contributed by atoms with Crippen LogP contribution in [0, 0.1) is 0 Å². The van der Waals surface area contributed by atoms with Crippen molar-refractivity contribution in [2.45, 2.75) is 6.92 Å². The second kappa shape index (κ2) is 10.9. The molecule has 0 unspecified atom stereocenters. The number of ether oxygens (including phenoxy) is 5. The minimum Gasteiger partial charge on any atom is -0.490 e. The van der Waals surface area contributed by atoms with Gasteiger partial charge in [-0.15, -0.1) is 0 Å². The van der Waals surface area contributed by atoms with E-state index in [0.717, 1.165) is 5.56 Å². The zero-order chi connectivity index (χ0) is 23.0. The number of carbonyl (C=O) groups excluding carboxylic acids is 2. The predicted molar refractivity (Wildman–Crippen MR) is 121 cm³/mol. The highest BCUT2D eigenvalue weighted by Crippen LogP contribution is 2.31. The highest BCUT2D eigenvalue weighted by Gasteiger charge is 2.18. The number of morpholine rings is 1. The largest absolute Gasteiger partial charge is 0.490 e. The van der Waals surface area contributed by atoms with E-state index in [2.05, 4.69) is 0 Å². The van der Waals surface area contributed by atoms with Gasteiger partial charge < -0.3 is 28.6 Å².